The Morgan fingerprint density at radius 3 is 1.67 bits per heavy atom. The molecule has 5 heteroatoms. The SMILES string of the molecule is C=CC(=O)OC(C)CCCCCCCCCCCCCCCC[Si]C(Br)Br. The Bertz CT molecular complexity index is 351. The molecule has 0 spiro atoms. The second-order valence-corrected chi connectivity index (χ2v) is 13.7. The molecule has 0 fully saturated rings. The molecule has 0 N–H and O–H groups in total. The minimum atomic E-state index is -0.305. The summed E-state index contributed by atoms with van der Waals surface area (Å²) in [5.74, 6) is -0.305. The van der Waals surface area contributed by atoms with E-state index in [9.17, 15) is 4.79 Å². The fraction of sp³-hybridized carbons (Fsp3) is 0.864. The van der Waals surface area contributed by atoms with Crippen LogP contribution in [0.25, 0.3) is 0 Å². The van der Waals surface area contributed by atoms with Gasteiger partial charge in [0.15, 0.2) is 0 Å². The van der Waals surface area contributed by atoms with Gasteiger partial charge in [0.25, 0.3) is 0 Å². The number of hydrogen-bond acceptors (Lipinski definition) is 2. The lowest BCUT2D eigenvalue weighted by atomic mass is 10.0. The summed E-state index contributed by atoms with van der Waals surface area (Å²) >= 11 is 7.09. The molecule has 2 nitrogen and oxygen atoms in total. The topological polar surface area (TPSA) is 26.3 Å². The van der Waals surface area contributed by atoms with Crippen LogP contribution in [0.2, 0.25) is 6.04 Å². The van der Waals surface area contributed by atoms with Gasteiger partial charge in [-0.1, -0.05) is 128 Å². The van der Waals surface area contributed by atoms with Crippen molar-refractivity contribution >= 4 is 47.3 Å². The lowest BCUT2D eigenvalue weighted by Crippen LogP contribution is -2.12. The van der Waals surface area contributed by atoms with Crippen LogP contribution in [0.15, 0.2) is 12.7 Å². The van der Waals surface area contributed by atoms with Crippen molar-refractivity contribution in [2.24, 2.45) is 0 Å². The smallest absolute Gasteiger partial charge is 0.330 e. The predicted octanol–water partition coefficient (Wildman–Crippen LogP) is 8.15. The van der Waals surface area contributed by atoms with Crippen molar-refractivity contribution in [2.45, 2.75) is 119 Å². The molecule has 0 amide bonds. The second kappa shape index (κ2) is 21.1. The van der Waals surface area contributed by atoms with Gasteiger partial charge in [-0.25, -0.2) is 4.79 Å². The van der Waals surface area contributed by atoms with Gasteiger partial charge in [-0.15, -0.1) is 0 Å². The van der Waals surface area contributed by atoms with Crippen LogP contribution in [0.5, 0.6) is 0 Å². The number of carbonyl (C=O) groups is 1. The largest absolute Gasteiger partial charge is 0.460 e. The number of unbranched alkanes of at least 4 members (excludes halogenated alkanes) is 13. The highest BCUT2D eigenvalue weighted by Gasteiger charge is 2.05. The molecule has 0 saturated carbocycles. The summed E-state index contributed by atoms with van der Waals surface area (Å²) in [4.78, 5) is 11.1. The van der Waals surface area contributed by atoms with Crippen molar-refractivity contribution in [1.82, 2.24) is 0 Å². The maximum atomic E-state index is 11.1. The normalized spacial score (nSPS) is 12.3. The van der Waals surface area contributed by atoms with Crippen molar-refractivity contribution in [2.75, 3.05) is 0 Å². The van der Waals surface area contributed by atoms with E-state index in [2.05, 4.69) is 38.4 Å². The van der Waals surface area contributed by atoms with E-state index in [0.717, 1.165) is 22.4 Å². The average molecular weight is 524 g/mol. The first-order valence-electron chi connectivity index (χ1n) is 10.9. The van der Waals surface area contributed by atoms with Crippen LogP contribution in [0.3, 0.4) is 0 Å². The van der Waals surface area contributed by atoms with Gasteiger partial charge in [-0.2, -0.15) is 0 Å². The van der Waals surface area contributed by atoms with Crippen LogP contribution in [0, 0.1) is 0 Å². The van der Waals surface area contributed by atoms with Crippen molar-refractivity contribution in [3.05, 3.63) is 12.7 Å². The lowest BCUT2D eigenvalue weighted by molar-refractivity contribution is -0.142. The standard InChI is InChI=1S/C22H40Br2O2Si/c1-3-21(25)26-20(2)18-16-14-12-10-8-6-4-5-7-9-11-13-15-17-19-27-22(23)24/h3,20,22H,1,4-19H2,2H3. The second-order valence-electron chi connectivity index (χ2n) is 7.44. The molecule has 0 aromatic rings. The van der Waals surface area contributed by atoms with Gasteiger partial charge in [-0.05, 0) is 19.8 Å². The number of rotatable bonds is 20. The van der Waals surface area contributed by atoms with Crippen LogP contribution in [0.1, 0.15) is 103 Å². The van der Waals surface area contributed by atoms with Crippen LogP contribution < -0.4 is 0 Å². The first kappa shape index (κ1) is 27.4. The van der Waals surface area contributed by atoms with Gasteiger partial charge in [0.05, 0.1) is 19.0 Å². The van der Waals surface area contributed by atoms with E-state index in [1.54, 1.807) is 0 Å². The third kappa shape index (κ3) is 22.5. The van der Waals surface area contributed by atoms with Crippen LogP contribution in [-0.4, -0.2) is 25.0 Å². The molecular weight excluding hydrogens is 484 g/mol. The van der Waals surface area contributed by atoms with Crippen molar-refractivity contribution < 1.29 is 9.53 Å². The molecule has 0 aromatic carbocycles. The molecule has 158 valence electrons. The molecule has 0 saturated heterocycles. The summed E-state index contributed by atoms with van der Waals surface area (Å²) in [6.07, 6.45) is 21.4. The molecule has 0 bridgehead atoms. The molecule has 27 heavy (non-hydrogen) atoms. The molecule has 0 aliphatic rings. The number of alkyl halides is 2. The summed E-state index contributed by atoms with van der Waals surface area (Å²) in [7, 11) is 1.01. The van der Waals surface area contributed by atoms with E-state index in [1.807, 2.05) is 6.92 Å². The highest BCUT2D eigenvalue weighted by Crippen LogP contribution is 2.15. The lowest BCUT2D eigenvalue weighted by Gasteiger charge is -2.11. The summed E-state index contributed by atoms with van der Waals surface area (Å²) < 4.78 is 5.70. The third-order valence-electron chi connectivity index (χ3n) is 4.82. The maximum Gasteiger partial charge on any atom is 0.330 e. The predicted molar refractivity (Wildman–Crippen MR) is 127 cm³/mol. The summed E-state index contributed by atoms with van der Waals surface area (Å²) in [6, 6.07) is 1.36. The number of ether oxygens (including phenoxy) is 1. The zero-order chi connectivity index (χ0) is 20.2. The molecule has 1 unspecified atom stereocenters. The van der Waals surface area contributed by atoms with Gasteiger partial charge in [0, 0.05) is 6.08 Å². The number of esters is 1. The summed E-state index contributed by atoms with van der Waals surface area (Å²) in [5.41, 5.74) is 0. The molecule has 0 aromatic heterocycles. The zero-order valence-electron chi connectivity index (χ0n) is 17.3. The van der Waals surface area contributed by atoms with E-state index < -0.39 is 0 Å². The fourth-order valence-electron chi connectivity index (χ4n) is 3.19. The Morgan fingerprint density at radius 2 is 1.26 bits per heavy atom. The van der Waals surface area contributed by atoms with Gasteiger partial charge in [0.1, 0.15) is 0 Å². The van der Waals surface area contributed by atoms with Crippen LogP contribution in [0.4, 0.5) is 0 Å². The Balaban J connectivity index is 3.13. The molecule has 0 aliphatic carbocycles. The highest BCUT2D eigenvalue weighted by molar-refractivity contribution is 9.25. The first-order valence-corrected chi connectivity index (χ1v) is 14.0. The molecule has 0 rings (SSSR count). The molecular formula is C22H40Br2O2Si. The number of halogens is 2. The first-order chi connectivity index (χ1) is 13.1. The highest BCUT2D eigenvalue weighted by atomic mass is 79.9. The Kier molecular flexibility index (Phi) is 21.4. The van der Waals surface area contributed by atoms with Crippen molar-refractivity contribution in [3.8, 4) is 0 Å². The molecule has 0 aliphatic heterocycles. The minimum Gasteiger partial charge on any atom is -0.460 e. The van der Waals surface area contributed by atoms with Gasteiger partial charge in [-0.3, -0.25) is 0 Å². The van der Waals surface area contributed by atoms with Crippen LogP contribution >= 0.6 is 31.9 Å². The van der Waals surface area contributed by atoms with E-state index in [0.29, 0.717) is 3.36 Å². The van der Waals surface area contributed by atoms with E-state index >= 15 is 0 Å². The van der Waals surface area contributed by atoms with E-state index in [-0.39, 0.29) is 12.1 Å². The number of carbonyl (C=O) groups excluding carboxylic acids is 1. The summed E-state index contributed by atoms with van der Waals surface area (Å²) in [5, 5.41) is 0. The Labute approximate surface area is 187 Å². The molecule has 0 heterocycles. The molecule has 1 atom stereocenters. The van der Waals surface area contributed by atoms with E-state index in [4.69, 9.17) is 4.74 Å². The van der Waals surface area contributed by atoms with Crippen molar-refractivity contribution in [3.63, 3.8) is 0 Å². The Hall–Kier alpha value is 0.387. The molecule has 2 radical (unpaired) electrons. The van der Waals surface area contributed by atoms with Crippen molar-refractivity contribution in [1.29, 1.82) is 0 Å². The third-order valence-corrected chi connectivity index (χ3v) is 7.71. The number of hydrogen-bond donors (Lipinski definition) is 0. The minimum absolute atomic E-state index is 0.0202. The van der Waals surface area contributed by atoms with Gasteiger partial charge >= 0.3 is 5.97 Å². The van der Waals surface area contributed by atoms with Gasteiger partial charge < -0.3 is 4.74 Å². The summed E-state index contributed by atoms with van der Waals surface area (Å²) in [6.45, 7) is 5.38. The maximum absolute atomic E-state index is 11.1. The Morgan fingerprint density at radius 1 is 0.852 bits per heavy atom. The zero-order valence-corrected chi connectivity index (χ0v) is 21.5. The van der Waals surface area contributed by atoms with Crippen LogP contribution in [-0.2, 0) is 9.53 Å². The quantitative estimate of drug-likeness (QED) is 0.0528. The average Bonchev–Trinajstić information content (AvgIpc) is 2.63. The monoisotopic (exact) mass is 522 g/mol. The van der Waals surface area contributed by atoms with E-state index in [1.165, 1.54) is 95.6 Å². The fourth-order valence-corrected chi connectivity index (χ4v) is 5.24. The van der Waals surface area contributed by atoms with Gasteiger partial charge in [0.2, 0.25) is 0 Å².